The topological polar surface area (TPSA) is 79.8 Å². The van der Waals surface area contributed by atoms with Crippen LogP contribution in [-0.2, 0) is 17.8 Å². The van der Waals surface area contributed by atoms with Crippen LogP contribution in [0.5, 0.6) is 0 Å². The number of nitrogens with zero attached hydrogens (tertiary/aromatic N) is 2. The Labute approximate surface area is 118 Å². The summed E-state index contributed by atoms with van der Waals surface area (Å²) in [5.41, 5.74) is -0.204. The second kappa shape index (κ2) is 6.33. The molecule has 19 heavy (non-hydrogen) atoms. The molecule has 2 N–H and O–H groups in total. The average Bonchev–Trinajstić information content (AvgIpc) is 2.87. The molecule has 0 aliphatic heterocycles. The van der Waals surface area contributed by atoms with E-state index in [9.17, 15) is 9.59 Å². The van der Waals surface area contributed by atoms with Gasteiger partial charge in [-0.3, -0.25) is 9.59 Å². The van der Waals surface area contributed by atoms with E-state index in [0.717, 1.165) is 10.3 Å². The van der Waals surface area contributed by atoms with Crippen molar-refractivity contribution in [3.63, 3.8) is 0 Å². The molecule has 2 aromatic heterocycles. The predicted molar refractivity (Wildman–Crippen MR) is 73.7 cm³/mol. The second-order valence-electron chi connectivity index (χ2n) is 3.95. The molecule has 2 heterocycles. The smallest absolute Gasteiger partial charge is 0.251 e. The number of carbonyl (C=O) groups is 1. The first-order valence-electron chi connectivity index (χ1n) is 5.76. The molecular weight excluding hydrogens is 312 g/mol. The van der Waals surface area contributed by atoms with E-state index in [2.05, 4.69) is 31.2 Å². The van der Waals surface area contributed by atoms with Gasteiger partial charge in [-0.05, 0) is 22.0 Å². The molecule has 0 aromatic carbocycles. The van der Waals surface area contributed by atoms with Gasteiger partial charge in [0.1, 0.15) is 12.4 Å². The molecule has 100 valence electrons. The maximum absolute atomic E-state index is 11.7. The summed E-state index contributed by atoms with van der Waals surface area (Å²) < 4.78 is 2.11. The Morgan fingerprint density at radius 3 is 3.05 bits per heavy atom. The zero-order valence-corrected chi connectivity index (χ0v) is 11.7. The van der Waals surface area contributed by atoms with Crippen molar-refractivity contribution in [2.75, 3.05) is 6.54 Å². The lowest BCUT2D eigenvalue weighted by Crippen LogP contribution is -2.33. The third-order valence-corrected chi connectivity index (χ3v) is 2.97. The Hall–Kier alpha value is -1.89. The van der Waals surface area contributed by atoms with Gasteiger partial charge in [-0.25, -0.2) is 4.98 Å². The molecular formula is C12H13BrN4O2. The normalized spacial score (nSPS) is 10.4. The summed E-state index contributed by atoms with van der Waals surface area (Å²) in [7, 11) is 0. The molecule has 0 aliphatic carbocycles. The number of aromatic nitrogens is 3. The van der Waals surface area contributed by atoms with Crippen molar-refractivity contribution in [2.24, 2.45) is 0 Å². The summed E-state index contributed by atoms with van der Waals surface area (Å²) in [5, 5.41) is 2.74. The van der Waals surface area contributed by atoms with E-state index < -0.39 is 0 Å². The quantitative estimate of drug-likeness (QED) is 0.849. The van der Waals surface area contributed by atoms with Gasteiger partial charge in [-0.1, -0.05) is 0 Å². The summed E-state index contributed by atoms with van der Waals surface area (Å²) >= 11 is 3.26. The lowest BCUT2D eigenvalue weighted by Gasteiger charge is -2.07. The summed E-state index contributed by atoms with van der Waals surface area (Å²) in [6.45, 7) is 0.492. The fraction of sp³-hybridized carbons (Fsp3) is 0.250. The minimum absolute atomic E-state index is 0.0103. The van der Waals surface area contributed by atoms with Crippen molar-refractivity contribution in [3.05, 3.63) is 51.4 Å². The summed E-state index contributed by atoms with van der Waals surface area (Å²) in [6, 6.07) is 3.06. The van der Waals surface area contributed by atoms with Crippen LogP contribution in [0.25, 0.3) is 0 Å². The minimum atomic E-state index is -0.204. The number of carbonyl (C=O) groups excluding carboxylic acids is 1. The third-order valence-electron chi connectivity index (χ3n) is 2.50. The van der Waals surface area contributed by atoms with Crippen molar-refractivity contribution in [3.8, 4) is 0 Å². The Kier molecular flexibility index (Phi) is 4.51. The first-order chi connectivity index (χ1) is 9.15. The van der Waals surface area contributed by atoms with Crippen molar-refractivity contribution < 1.29 is 4.79 Å². The Morgan fingerprint density at radius 2 is 2.32 bits per heavy atom. The van der Waals surface area contributed by atoms with Gasteiger partial charge in [0.05, 0.1) is 0 Å². The van der Waals surface area contributed by atoms with Crippen molar-refractivity contribution in [1.82, 2.24) is 19.9 Å². The fourth-order valence-electron chi connectivity index (χ4n) is 1.59. The van der Waals surface area contributed by atoms with Gasteiger partial charge in [0.2, 0.25) is 5.91 Å². The molecule has 0 fully saturated rings. The number of nitrogens with one attached hydrogen (secondary N) is 2. The summed E-state index contributed by atoms with van der Waals surface area (Å²) in [5.74, 6) is 0.617. The molecule has 0 aliphatic rings. The maximum Gasteiger partial charge on any atom is 0.251 e. The highest BCUT2D eigenvalue weighted by Crippen LogP contribution is 2.04. The average molecular weight is 325 g/mol. The first kappa shape index (κ1) is 13.5. The van der Waals surface area contributed by atoms with E-state index in [0.29, 0.717) is 13.0 Å². The SMILES string of the molecule is O=C(Cn1cc(Br)ccc1=O)NCCc1ncc[nH]1. The van der Waals surface area contributed by atoms with E-state index in [1.807, 2.05) is 0 Å². The van der Waals surface area contributed by atoms with E-state index in [-0.39, 0.29) is 18.0 Å². The van der Waals surface area contributed by atoms with Crippen LogP contribution in [0.2, 0.25) is 0 Å². The van der Waals surface area contributed by atoms with Crippen molar-refractivity contribution in [2.45, 2.75) is 13.0 Å². The molecule has 0 radical (unpaired) electrons. The third kappa shape index (κ3) is 4.06. The molecule has 2 aromatic rings. The first-order valence-corrected chi connectivity index (χ1v) is 6.55. The van der Waals surface area contributed by atoms with Crippen LogP contribution in [0.15, 0.2) is 40.0 Å². The van der Waals surface area contributed by atoms with Crippen LogP contribution in [0.4, 0.5) is 0 Å². The lowest BCUT2D eigenvalue weighted by atomic mass is 10.4. The van der Waals surface area contributed by atoms with Crippen LogP contribution in [0, 0.1) is 0 Å². The van der Waals surface area contributed by atoms with E-state index in [1.54, 1.807) is 24.7 Å². The largest absolute Gasteiger partial charge is 0.354 e. The van der Waals surface area contributed by atoms with Crippen molar-refractivity contribution >= 4 is 21.8 Å². The predicted octanol–water partition coefficient (Wildman–Crippen LogP) is 0.693. The molecule has 1 amide bonds. The number of aromatic amines is 1. The van der Waals surface area contributed by atoms with Gasteiger partial charge < -0.3 is 14.9 Å². The zero-order chi connectivity index (χ0) is 13.7. The molecule has 6 nitrogen and oxygen atoms in total. The number of H-pyrrole nitrogens is 1. The number of hydrogen-bond acceptors (Lipinski definition) is 3. The van der Waals surface area contributed by atoms with Crippen LogP contribution in [-0.4, -0.2) is 27.0 Å². The zero-order valence-electron chi connectivity index (χ0n) is 10.1. The van der Waals surface area contributed by atoms with Gasteiger partial charge in [0, 0.05) is 42.1 Å². The van der Waals surface area contributed by atoms with Crippen LogP contribution in [0.1, 0.15) is 5.82 Å². The Balaban J connectivity index is 1.84. The van der Waals surface area contributed by atoms with Crippen LogP contribution in [0.3, 0.4) is 0 Å². The van der Waals surface area contributed by atoms with Gasteiger partial charge in [0.25, 0.3) is 5.56 Å². The second-order valence-corrected chi connectivity index (χ2v) is 4.86. The molecule has 2 rings (SSSR count). The molecule has 0 saturated heterocycles. The van der Waals surface area contributed by atoms with Crippen LogP contribution < -0.4 is 10.9 Å². The fourth-order valence-corrected chi connectivity index (χ4v) is 1.97. The van der Waals surface area contributed by atoms with Gasteiger partial charge >= 0.3 is 0 Å². The van der Waals surface area contributed by atoms with E-state index in [1.165, 1.54) is 10.6 Å². The minimum Gasteiger partial charge on any atom is -0.354 e. The molecule has 0 bridgehead atoms. The number of pyridine rings is 1. The highest BCUT2D eigenvalue weighted by Gasteiger charge is 2.04. The summed E-state index contributed by atoms with van der Waals surface area (Å²) in [4.78, 5) is 30.2. The molecule has 7 heteroatoms. The molecule has 0 atom stereocenters. The Bertz CT molecular complexity index is 606. The number of amides is 1. The van der Waals surface area contributed by atoms with Gasteiger partial charge in [0.15, 0.2) is 0 Å². The standard InChI is InChI=1S/C12H13BrN4O2/c13-9-1-2-12(19)17(7-9)8-11(18)16-4-3-10-14-5-6-15-10/h1-2,5-7H,3-4,8H2,(H,14,15)(H,16,18). The highest BCUT2D eigenvalue weighted by molar-refractivity contribution is 9.10. The van der Waals surface area contributed by atoms with Gasteiger partial charge in [-0.15, -0.1) is 0 Å². The number of hydrogen-bond donors (Lipinski definition) is 2. The molecule has 0 spiro atoms. The summed E-state index contributed by atoms with van der Waals surface area (Å²) in [6.07, 6.45) is 5.62. The van der Waals surface area contributed by atoms with E-state index in [4.69, 9.17) is 0 Å². The molecule has 0 saturated carbocycles. The number of rotatable bonds is 5. The number of halogens is 1. The molecule has 0 unspecified atom stereocenters. The van der Waals surface area contributed by atoms with Crippen molar-refractivity contribution in [1.29, 1.82) is 0 Å². The monoisotopic (exact) mass is 324 g/mol. The van der Waals surface area contributed by atoms with E-state index >= 15 is 0 Å². The maximum atomic E-state index is 11.7. The number of imidazole rings is 1. The highest BCUT2D eigenvalue weighted by atomic mass is 79.9. The van der Waals surface area contributed by atoms with Crippen LogP contribution >= 0.6 is 15.9 Å². The van der Waals surface area contributed by atoms with Gasteiger partial charge in [-0.2, -0.15) is 0 Å². The lowest BCUT2D eigenvalue weighted by molar-refractivity contribution is -0.121. The Morgan fingerprint density at radius 1 is 1.47 bits per heavy atom.